The Kier molecular flexibility index (Phi) is 5.09. The summed E-state index contributed by atoms with van der Waals surface area (Å²) in [6.45, 7) is 1.95. The molecule has 0 saturated carbocycles. The van der Waals surface area contributed by atoms with Crippen molar-refractivity contribution in [1.82, 2.24) is 10.3 Å². The fraction of sp³-hybridized carbons (Fsp3) is 0.211. The number of rotatable bonds is 5. The Bertz CT molecular complexity index is 933. The highest BCUT2D eigenvalue weighted by molar-refractivity contribution is 7.18. The molecule has 3 aromatic rings. The highest BCUT2D eigenvalue weighted by Gasteiger charge is 2.11. The SMILES string of the molecule is CNC(=O)CCc1ccccc1NC(=O)c1ccc2nc(C)sc2c1. The van der Waals surface area contributed by atoms with E-state index in [1.807, 2.05) is 43.3 Å². The van der Waals surface area contributed by atoms with Gasteiger partial charge in [-0.15, -0.1) is 11.3 Å². The number of carbonyl (C=O) groups excluding carboxylic acids is 2. The molecule has 3 rings (SSSR count). The lowest BCUT2D eigenvalue weighted by Crippen LogP contribution is -2.18. The lowest BCUT2D eigenvalue weighted by atomic mass is 10.1. The molecule has 2 amide bonds. The van der Waals surface area contributed by atoms with E-state index in [2.05, 4.69) is 15.6 Å². The number of aryl methyl sites for hydroxylation is 2. The van der Waals surface area contributed by atoms with Crippen LogP contribution in [0.2, 0.25) is 0 Å². The van der Waals surface area contributed by atoms with E-state index in [1.165, 1.54) is 0 Å². The maximum Gasteiger partial charge on any atom is 0.255 e. The quantitative estimate of drug-likeness (QED) is 0.737. The second kappa shape index (κ2) is 7.44. The number of aromatic nitrogens is 1. The van der Waals surface area contributed by atoms with Crippen molar-refractivity contribution in [3.8, 4) is 0 Å². The molecule has 2 N–H and O–H groups in total. The van der Waals surface area contributed by atoms with Gasteiger partial charge in [-0.2, -0.15) is 0 Å². The molecule has 0 aliphatic carbocycles. The summed E-state index contributed by atoms with van der Waals surface area (Å²) in [5.41, 5.74) is 3.17. The van der Waals surface area contributed by atoms with Crippen molar-refractivity contribution >= 4 is 39.1 Å². The number of fused-ring (bicyclic) bond motifs is 1. The van der Waals surface area contributed by atoms with Crippen molar-refractivity contribution in [2.45, 2.75) is 19.8 Å². The first kappa shape index (κ1) is 17.1. The Balaban J connectivity index is 1.78. The highest BCUT2D eigenvalue weighted by Crippen LogP contribution is 2.24. The number of thiazole rings is 1. The van der Waals surface area contributed by atoms with Gasteiger partial charge in [-0.3, -0.25) is 9.59 Å². The summed E-state index contributed by atoms with van der Waals surface area (Å²) in [5.74, 6) is -0.188. The predicted octanol–water partition coefficient (Wildman–Crippen LogP) is 3.54. The van der Waals surface area contributed by atoms with Gasteiger partial charge in [-0.25, -0.2) is 4.98 Å². The summed E-state index contributed by atoms with van der Waals surface area (Å²) in [6.07, 6.45) is 0.957. The fourth-order valence-corrected chi connectivity index (χ4v) is 3.48. The van der Waals surface area contributed by atoms with Crippen LogP contribution < -0.4 is 10.6 Å². The maximum atomic E-state index is 12.6. The molecule has 6 heteroatoms. The number of nitrogens with zero attached hydrogens (tertiary/aromatic N) is 1. The van der Waals surface area contributed by atoms with Crippen molar-refractivity contribution in [3.63, 3.8) is 0 Å². The maximum absolute atomic E-state index is 12.6. The summed E-state index contributed by atoms with van der Waals surface area (Å²) in [7, 11) is 1.62. The van der Waals surface area contributed by atoms with Crippen LogP contribution in [-0.2, 0) is 11.2 Å². The molecule has 0 unspecified atom stereocenters. The minimum Gasteiger partial charge on any atom is -0.359 e. The van der Waals surface area contributed by atoms with Gasteiger partial charge in [0.15, 0.2) is 0 Å². The molecular formula is C19H19N3O2S. The summed E-state index contributed by atoms with van der Waals surface area (Å²) < 4.78 is 0.998. The Morgan fingerprint density at radius 2 is 1.96 bits per heavy atom. The minimum atomic E-state index is -0.166. The number of hydrogen-bond donors (Lipinski definition) is 2. The van der Waals surface area contributed by atoms with E-state index in [-0.39, 0.29) is 11.8 Å². The molecule has 1 aromatic heterocycles. The van der Waals surface area contributed by atoms with Crippen LogP contribution in [0.25, 0.3) is 10.2 Å². The molecule has 0 radical (unpaired) electrons. The fourth-order valence-electron chi connectivity index (χ4n) is 2.61. The van der Waals surface area contributed by atoms with Crippen molar-refractivity contribution < 1.29 is 9.59 Å². The Labute approximate surface area is 150 Å². The van der Waals surface area contributed by atoms with E-state index in [1.54, 1.807) is 24.5 Å². The van der Waals surface area contributed by atoms with Crippen LogP contribution in [-0.4, -0.2) is 23.8 Å². The lowest BCUT2D eigenvalue weighted by Gasteiger charge is -2.11. The average Bonchev–Trinajstić information content (AvgIpc) is 2.99. The van der Waals surface area contributed by atoms with E-state index in [4.69, 9.17) is 0 Å². The minimum absolute atomic E-state index is 0.0212. The van der Waals surface area contributed by atoms with Crippen LogP contribution in [0.15, 0.2) is 42.5 Å². The van der Waals surface area contributed by atoms with Crippen LogP contribution in [0.1, 0.15) is 27.3 Å². The van der Waals surface area contributed by atoms with Gasteiger partial charge in [-0.1, -0.05) is 18.2 Å². The van der Waals surface area contributed by atoms with Gasteiger partial charge in [-0.05, 0) is 43.2 Å². The third-order valence-electron chi connectivity index (χ3n) is 3.92. The van der Waals surface area contributed by atoms with Crippen molar-refractivity contribution in [2.75, 3.05) is 12.4 Å². The topological polar surface area (TPSA) is 71.1 Å². The van der Waals surface area contributed by atoms with Crippen molar-refractivity contribution in [1.29, 1.82) is 0 Å². The molecule has 0 aliphatic heterocycles. The predicted molar refractivity (Wildman–Crippen MR) is 101 cm³/mol. The Hall–Kier alpha value is -2.73. The van der Waals surface area contributed by atoms with Gasteiger partial charge in [0.25, 0.3) is 5.91 Å². The zero-order chi connectivity index (χ0) is 17.8. The van der Waals surface area contributed by atoms with Gasteiger partial charge >= 0.3 is 0 Å². The molecule has 0 aliphatic rings. The van der Waals surface area contributed by atoms with E-state index in [0.717, 1.165) is 26.5 Å². The first-order valence-electron chi connectivity index (χ1n) is 8.04. The van der Waals surface area contributed by atoms with Crippen LogP contribution >= 0.6 is 11.3 Å². The second-order valence-electron chi connectivity index (χ2n) is 5.70. The number of amides is 2. The molecule has 1 heterocycles. The molecule has 2 aromatic carbocycles. The number of benzene rings is 2. The smallest absolute Gasteiger partial charge is 0.255 e. The first-order valence-corrected chi connectivity index (χ1v) is 8.85. The second-order valence-corrected chi connectivity index (χ2v) is 6.93. The molecule has 0 atom stereocenters. The van der Waals surface area contributed by atoms with Crippen LogP contribution in [0.5, 0.6) is 0 Å². The van der Waals surface area contributed by atoms with Gasteiger partial charge in [0, 0.05) is 24.7 Å². The average molecular weight is 353 g/mol. The zero-order valence-corrected chi connectivity index (χ0v) is 14.9. The summed E-state index contributed by atoms with van der Waals surface area (Å²) in [5, 5.41) is 6.54. The molecule has 0 saturated heterocycles. The third kappa shape index (κ3) is 4.03. The zero-order valence-electron chi connectivity index (χ0n) is 14.1. The van der Waals surface area contributed by atoms with E-state index < -0.39 is 0 Å². The highest BCUT2D eigenvalue weighted by atomic mass is 32.1. The van der Waals surface area contributed by atoms with E-state index in [0.29, 0.717) is 18.4 Å². The van der Waals surface area contributed by atoms with Gasteiger partial charge in [0.2, 0.25) is 5.91 Å². The standard InChI is InChI=1S/C19H19N3O2S/c1-12-21-16-9-7-14(11-17(16)25-12)19(24)22-15-6-4-3-5-13(15)8-10-18(23)20-2/h3-7,9,11H,8,10H2,1-2H3,(H,20,23)(H,22,24). The largest absolute Gasteiger partial charge is 0.359 e. The number of para-hydroxylation sites is 1. The molecule has 5 nitrogen and oxygen atoms in total. The van der Waals surface area contributed by atoms with Crippen molar-refractivity contribution in [3.05, 3.63) is 58.6 Å². The number of carbonyl (C=O) groups is 2. The van der Waals surface area contributed by atoms with Crippen molar-refractivity contribution in [2.24, 2.45) is 0 Å². The van der Waals surface area contributed by atoms with Crippen LogP contribution in [0.3, 0.4) is 0 Å². The summed E-state index contributed by atoms with van der Waals surface area (Å²) in [4.78, 5) is 28.5. The Morgan fingerprint density at radius 3 is 2.76 bits per heavy atom. The molecule has 0 spiro atoms. The number of anilines is 1. The summed E-state index contributed by atoms with van der Waals surface area (Å²) in [6, 6.07) is 13.1. The first-order chi connectivity index (χ1) is 12.1. The molecular weight excluding hydrogens is 334 g/mol. The number of hydrogen-bond acceptors (Lipinski definition) is 4. The summed E-state index contributed by atoms with van der Waals surface area (Å²) >= 11 is 1.57. The van der Waals surface area contributed by atoms with Crippen LogP contribution in [0, 0.1) is 6.92 Å². The monoisotopic (exact) mass is 353 g/mol. The Morgan fingerprint density at radius 1 is 1.16 bits per heavy atom. The molecule has 0 fully saturated rings. The normalized spacial score (nSPS) is 10.6. The van der Waals surface area contributed by atoms with Crippen LogP contribution in [0.4, 0.5) is 5.69 Å². The van der Waals surface area contributed by atoms with E-state index in [9.17, 15) is 9.59 Å². The van der Waals surface area contributed by atoms with Gasteiger partial charge < -0.3 is 10.6 Å². The lowest BCUT2D eigenvalue weighted by molar-refractivity contribution is -0.120. The molecule has 128 valence electrons. The van der Waals surface area contributed by atoms with E-state index >= 15 is 0 Å². The third-order valence-corrected chi connectivity index (χ3v) is 4.86. The molecule has 25 heavy (non-hydrogen) atoms. The molecule has 0 bridgehead atoms. The number of nitrogens with one attached hydrogen (secondary N) is 2. The van der Waals surface area contributed by atoms with Gasteiger partial charge in [0.05, 0.1) is 15.2 Å². The van der Waals surface area contributed by atoms with Gasteiger partial charge in [0.1, 0.15) is 0 Å².